The number of aromatic nitrogens is 6. The Morgan fingerprint density at radius 1 is 1.24 bits per heavy atom. The van der Waals surface area contributed by atoms with Crippen molar-refractivity contribution >= 4 is 5.82 Å². The first-order chi connectivity index (χ1) is 12.3. The van der Waals surface area contributed by atoms with Crippen molar-refractivity contribution in [3.8, 4) is 11.4 Å². The molecule has 1 aliphatic rings. The molecule has 8 heteroatoms. The van der Waals surface area contributed by atoms with Crippen molar-refractivity contribution in [2.24, 2.45) is 0 Å². The van der Waals surface area contributed by atoms with E-state index in [1.165, 1.54) is 0 Å². The molecule has 3 aromatic rings. The monoisotopic (exact) mass is 336 g/mol. The quantitative estimate of drug-likeness (QED) is 0.735. The Labute approximate surface area is 145 Å². The standard InChI is InChI=1S/C17H20N8/c1-3-25-17(20-10-21-25)11(2)22-16-13-8-19-9-14(13)23-15(24-16)12-4-6-18-7-5-12/h4-7,10-11,19H,3,8-9H2,1-2H3,(H,22,23,24)/t11-/m0/s1. The van der Waals surface area contributed by atoms with Gasteiger partial charge in [-0.2, -0.15) is 5.10 Å². The van der Waals surface area contributed by atoms with Crippen LogP contribution in [0.3, 0.4) is 0 Å². The van der Waals surface area contributed by atoms with Crippen LogP contribution in [0.1, 0.15) is 37.0 Å². The number of nitrogens with zero attached hydrogens (tertiary/aromatic N) is 6. The molecule has 0 saturated carbocycles. The summed E-state index contributed by atoms with van der Waals surface area (Å²) in [4.78, 5) is 17.9. The molecule has 4 rings (SSSR count). The Morgan fingerprint density at radius 2 is 2.08 bits per heavy atom. The van der Waals surface area contributed by atoms with Crippen molar-refractivity contribution in [2.45, 2.75) is 39.5 Å². The van der Waals surface area contributed by atoms with Gasteiger partial charge in [-0.05, 0) is 26.0 Å². The van der Waals surface area contributed by atoms with Crippen molar-refractivity contribution in [3.05, 3.63) is 47.9 Å². The van der Waals surface area contributed by atoms with Gasteiger partial charge in [-0.25, -0.2) is 19.6 Å². The Bertz CT molecular complexity index is 874. The van der Waals surface area contributed by atoms with Gasteiger partial charge < -0.3 is 10.6 Å². The van der Waals surface area contributed by atoms with Gasteiger partial charge >= 0.3 is 0 Å². The first-order valence-electron chi connectivity index (χ1n) is 8.41. The largest absolute Gasteiger partial charge is 0.360 e. The number of hydrogen-bond acceptors (Lipinski definition) is 7. The summed E-state index contributed by atoms with van der Waals surface area (Å²) in [6.07, 6.45) is 5.10. The summed E-state index contributed by atoms with van der Waals surface area (Å²) in [6, 6.07) is 3.84. The SMILES string of the molecule is CCn1ncnc1[C@H](C)Nc1nc(-c2ccncc2)nc2c1CNC2. The van der Waals surface area contributed by atoms with Crippen molar-refractivity contribution in [2.75, 3.05) is 5.32 Å². The van der Waals surface area contributed by atoms with Gasteiger partial charge in [0, 0.05) is 43.2 Å². The number of anilines is 1. The molecule has 0 unspecified atom stereocenters. The van der Waals surface area contributed by atoms with Gasteiger partial charge in [0.15, 0.2) is 5.82 Å². The third-order valence-electron chi connectivity index (χ3n) is 4.31. The summed E-state index contributed by atoms with van der Waals surface area (Å²) < 4.78 is 1.89. The van der Waals surface area contributed by atoms with Crippen LogP contribution < -0.4 is 10.6 Å². The summed E-state index contributed by atoms with van der Waals surface area (Å²) >= 11 is 0. The minimum atomic E-state index is -0.00709. The second-order valence-corrected chi connectivity index (χ2v) is 5.96. The van der Waals surface area contributed by atoms with Crippen LogP contribution in [0.15, 0.2) is 30.9 Å². The van der Waals surface area contributed by atoms with Gasteiger partial charge in [-0.1, -0.05) is 0 Å². The molecule has 0 aliphatic carbocycles. The summed E-state index contributed by atoms with van der Waals surface area (Å²) in [7, 11) is 0. The van der Waals surface area contributed by atoms with Gasteiger partial charge in [0.2, 0.25) is 0 Å². The Kier molecular flexibility index (Phi) is 4.10. The van der Waals surface area contributed by atoms with Crippen molar-refractivity contribution < 1.29 is 0 Å². The second-order valence-electron chi connectivity index (χ2n) is 5.96. The van der Waals surface area contributed by atoms with E-state index >= 15 is 0 Å². The highest BCUT2D eigenvalue weighted by Crippen LogP contribution is 2.27. The molecular formula is C17H20N8. The fourth-order valence-corrected chi connectivity index (χ4v) is 3.04. The van der Waals surface area contributed by atoms with Crippen LogP contribution in [-0.2, 0) is 19.6 Å². The predicted molar refractivity (Wildman–Crippen MR) is 93.5 cm³/mol. The molecule has 128 valence electrons. The Balaban J connectivity index is 1.70. The third-order valence-corrected chi connectivity index (χ3v) is 4.31. The average Bonchev–Trinajstić information content (AvgIpc) is 3.31. The molecule has 2 N–H and O–H groups in total. The summed E-state index contributed by atoms with van der Waals surface area (Å²) in [5.41, 5.74) is 3.11. The normalized spacial score (nSPS) is 14.3. The molecule has 8 nitrogen and oxygen atoms in total. The van der Waals surface area contributed by atoms with E-state index in [2.05, 4.69) is 39.5 Å². The van der Waals surface area contributed by atoms with Crippen LogP contribution in [-0.4, -0.2) is 29.7 Å². The molecule has 0 saturated heterocycles. The molecule has 3 aromatic heterocycles. The Morgan fingerprint density at radius 3 is 2.88 bits per heavy atom. The molecule has 4 heterocycles. The number of aryl methyl sites for hydroxylation is 1. The molecule has 1 aliphatic heterocycles. The Hall–Kier alpha value is -2.87. The smallest absolute Gasteiger partial charge is 0.161 e. The number of rotatable bonds is 5. The van der Waals surface area contributed by atoms with Gasteiger partial charge in [0.1, 0.15) is 18.0 Å². The van der Waals surface area contributed by atoms with E-state index in [1.807, 2.05) is 16.8 Å². The topological polar surface area (TPSA) is 93.4 Å². The van der Waals surface area contributed by atoms with Crippen molar-refractivity contribution in [1.29, 1.82) is 0 Å². The molecule has 25 heavy (non-hydrogen) atoms. The van der Waals surface area contributed by atoms with E-state index in [-0.39, 0.29) is 6.04 Å². The minimum Gasteiger partial charge on any atom is -0.360 e. The molecule has 0 spiro atoms. The first-order valence-corrected chi connectivity index (χ1v) is 8.41. The zero-order valence-corrected chi connectivity index (χ0v) is 14.3. The van der Waals surface area contributed by atoms with Crippen LogP contribution >= 0.6 is 0 Å². The van der Waals surface area contributed by atoms with Gasteiger partial charge in [-0.3, -0.25) is 4.98 Å². The van der Waals surface area contributed by atoms with Crippen molar-refractivity contribution in [3.63, 3.8) is 0 Å². The minimum absolute atomic E-state index is 0.00709. The lowest BCUT2D eigenvalue weighted by Crippen LogP contribution is -2.16. The average molecular weight is 336 g/mol. The highest BCUT2D eigenvalue weighted by molar-refractivity contribution is 5.60. The van der Waals surface area contributed by atoms with E-state index in [0.717, 1.165) is 48.1 Å². The van der Waals surface area contributed by atoms with Crippen molar-refractivity contribution in [1.82, 2.24) is 35.0 Å². The number of fused-ring (bicyclic) bond motifs is 1. The van der Waals surface area contributed by atoms with E-state index in [4.69, 9.17) is 9.97 Å². The van der Waals surface area contributed by atoms with E-state index in [9.17, 15) is 0 Å². The second kappa shape index (κ2) is 6.56. The zero-order valence-electron chi connectivity index (χ0n) is 14.3. The lowest BCUT2D eigenvalue weighted by Gasteiger charge is -2.17. The number of hydrogen-bond donors (Lipinski definition) is 2. The predicted octanol–water partition coefficient (Wildman–Crippen LogP) is 1.93. The molecule has 0 bridgehead atoms. The lowest BCUT2D eigenvalue weighted by molar-refractivity contribution is 0.592. The van der Waals surface area contributed by atoms with Crippen LogP contribution in [0.5, 0.6) is 0 Å². The van der Waals surface area contributed by atoms with Gasteiger partial charge in [0.25, 0.3) is 0 Å². The zero-order chi connectivity index (χ0) is 17.2. The molecule has 0 fully saturated rings. The summed E-state index contributed by atoms with van der Waals surface area (Å²) in [5, 5.41) is 11.1. The highest BCUT2D eigenvalue weighted by atomic mass is 15.3. The molecule has 1 atom stereocenters. The fourth-order valence-electron chi connectivity index (χ4n) is 3.04. The number of pyridine rings is 1. The first kappa shape index (κ1) is 15.6. The van der Waals surface area contributed by atoms with Crippen LogP contribution in [0.2, 0.25) is 0 Å². The van der Waals surface area contributed by atoms with E-state index < -0.39 is 0 Å². The van der Waals surface area contributed by atoms with Crippen LogP contribution in [0.25, 0.3) is 11.4 Å². The third kappa shape index (κ3) is 2.96. The lowest BCUT2D eigenvalue weighted by atomic mass is 10.2. The van der Waals surface area contributed by atoms with E-state index in [1.54, 1.807) is 18.7 Å². The molecule has 0 amide bonds. The summed E-state index contributed by atoms with van der Waals surface area (Å²) in [6.45, 7) is 6.43. The maximum atomic E-state index is 4.77. The summed E-state index contributed by atoms with van der Waals surface area (Å²) in [5.74, 6) is 2.45. The van der Waals surface area contributed by atoms with Gasteiger partial charge in [0.05, 0.1) is 11.7 Å². The molecular weight excluding hydrogens is 316 g/mol. The number of nitrogens with one attached hydrogen (secondary N) is 2. The molecule has 0 aromatic carbocycles. The van der Waals surface area contributed by atoms with Crippen LogP contribution in [0.4, 0.5) is 5.82 Å². The maximum absolute atomic E-state index is 4.77. The van der Waals surface area contributed by atoms with Gasteiger partial charge in [-0.15, -0.1) is 0 Å². The highest BCUT2D eigenvalue weighted by Gasteiger charge is 2.22. The molecule has 0 radical (unpaired) electrons. The fraction of sp³-hybridized carbons (Fsp3) is 0.353. The van der Waals surface area contributed by atoms with Crippen LogP contribution in [0, 0.1) is 0 Å². The maximum Gasteiger partial charge on any atom is 0.161 e. The van der Waals surface area contributed by atoms with E-state index in [0.29, 0.717) is 5.82 Å².